The largest absolute Gasteiger partial charge is 0.472 e. The number of ether oxygens (including phenoxy) is 1. The Hall–Kier alpha value is -1.91. The fourth-order valence-electron chi connectivity index (χ4n) is 2.16. The summed E-state index contributed by atoms with van der Waals surface area (Å²) in [6.07, 6.45) is 8.10. The monoisotopic (exact) mass is 261 g/mol. The minimum Gasteiger partial charge on any atom is -0.472 e. The number of likely N-dealkylation sites (tertiary alicyclic amines) is 1. The van der Waals surface area contributed by atoms with E-state index in [0.717, 1.165) is 25.8 Å². The summed E-state index contributed by atoms with van der Waals surface area (Å²) in [4.78, 5) is 21.7. The zero-order valence-electron chi connectivity index (χ0n) is 11.0. The standard InChI is InChI=1S/C14H19N3O2/c1-2-3-6-14(18)17-9-4-5-12(10-17)19-13-7-8-15-11-16-13/h2,7-8,11-12H,1,3-6,9-10H2. The average molecular weight is 261 g/mol. The number of amides is 1. The van der Waals surface area contributed by atoms with Crippen LogP contribution in [0.1, 0.15) is 25.7 Å². The normalized spacial score (nSPS) is 18.9. The summed E-state index contributed by atoms with van der Waals surface area (Å²) in [6, 6.07) is 1.73. The third-order valence-corrected chi connectivity index (χ3v) is 3.14. The highest BCUT2D eigenvalue weighted by atomic mass is 16.5. The first-order valence-electron chi connectivity index (χ1n) is 6.61. The van der Waals surface area contributed by atoms with E-state index in [1.165, 1.54) is 6.33 Å². The number of hydrogen-bond donors (Lipinski definition) is 0. The predicted octanol–water partition coefficient (Wildman–Crippen LogP) is 1.81. The van der Waals surface area contributed by atoms with Crippen LogP contribution < -0.4 is 4.74 Å². The molecular weight excluding hydrogens is 242 g/mol. The van der Waals surface area contributed by atoms with Gasteiger partial charge in [-0.05, 0) is 19.3 Å². The molecule has 1 atom stereocenters. The highest BCUT2D eigenvalue weighted by Gasteiger charge is 2.24. The first-order valence-corrected chi connectivity index (χ1v) is 6.61. The molecule has 0 N–H and O–H groups in total. The number of carbonyl (C=O) groups is 1. The predicted molar refractivity (Wildman–Crippen MR) is 71.7 cm³/mol. The molecule has 5 heteroatoms. The Morgan fingerprint density at radius 2 is 2.53 bits per heavy atom. The number of allylic oxidation sites excluding steroid dienone is 1. The Kier molecular flexibility index (Phi) is 4.89. The summed E-state index contributed by atoms with van der Waals surface area (Å²) in [6.45, 7) is 5.10. The molecule has 2 rings (SSSR count). The van der Waals surface area contributed by atoms with Crippen LogP contribution in [0.3, 0.4) is 0 Å². The summed E-state index contributed by atoms with van der Waals surface area (Å²) in [5, 5.41) is 0. The van der Waals surface area contributed by atoms with E-state index in [1.54, 1.807) is 18.3 Å². The Balaban J connectivity index is 1.86. The third-order valence-electron chi connectivity index (χ3n) is 3.14. The molecule has 0 aromatic carbocycles. The van der Waals surface area contributed by atoms with Crippen molar-refractivity contribution in [3.63, 3.8) is 0 Å². The van der Waals surface area contributed by atoms with Crippen LogP contribution in [-0.4, -0.2) is 40.0 Å². The van der Waals surface area contributed by atoms with Crippen LogP contribution in [0.4, 0.5) is 0 Å². The zero-order valence-corrected chi connectivity index (χ0v) is 11.0. The molecule has 1 saturated heterocycles. The van der Waals surface area contributed by atoms with Crippen LogP contribution in [0, 0.1) is 0 Å². The maximum absolute atomic E-state index is 12.0. The summed E-state index contributed by atoms with van der Waals surface area (Å²) in [7, 11) is 0. The molecule has 1 unspecified atom stereocenters. The van der Waals surface area contributed by atoms with Crippen LogP contribution >= 0.6 is 0 Å². The molecule has 1 aliphatic heterocycles. The maximum Gasteiger partial charge on any atom is 0.223 e. The zero-order chi connectivity index (χ0) is 13.5. The van der Waals surface area contributed by atoms with E-state index in [1.807, 2.05) is 4.90 Å². The van der Waals surface area contributed by atoms with Gasteiger partial charge in [-0.2, -0.15) is 0 Å². The van der Waals surface area contributed by atoms with Crippen molar-refractivity contribution in [2.24, 2.45) is 0 Å². The van der Waals surface area contributed by atoms with Crippen LogP contribution in [-0.2, 0) is 4.79 Å². The minimum atomic E-state index is 0.0244. The number of nitrogens with zero attached hydrogens (tertiary/aromatic N) is 3. The second-order valence-corrected chi connectivity index (χ2v) is 4.60. The number of carbonyl (C=O) groups excluding carboxylic acids is 1. The summed E-state index contributed by atoms with van der Waals surface area (Å²) in [5.74, 6) is 0.747. The molecule has 2 heterocycles. The molecule has 0 radical (unpaired) electrons. The van der Waals surface area contributed by atoms with E-state index >= 15 is 0 Å². The molecule has 102 valence electrons. The van der Waals surface area contributed by atoms with E-state index in [0.29, 0.717) is 18.8 Å². The molecular formula is C14H19N3O2. The van der Waals surface area contributed by atoms with Gasteiger partial charge in [0.1, 0.15) is 12.4 Å². The number of piperidine rings is 1. The highest BCUT2D eigenvalue weighted by Crippen LogP contribution is 2.17. The molecule has 0 bridgehead atoms. The summed E-state index contributed by atoms with van der Waals surface area (Å²) in [5.41, 5.74) is 0. The van der Waals surface area contributed by atoms with Gasteiger partial charge in [0.05, 0.1) is 6.54 Å². The second-order valence-electron chi connectivity index (χ2n) is 4.60. The molecule has 1 aliphatic rings. The number of hydrogen-bond acceptors (Lipinski definition) is 4. The molecule has 1 aromatic rings. The average Bonchev–Trinajstić information content (AvgIpc) is 2.46. The Bertz CT molecular complexity index is 422. The fourth-order valence-corrected chi connectivity index (χ4v) is 2.16. The third kappa shape index (κ3) is 4.05. The van der Waals surface area contributed by atoms with E-state index < -0.39 is 0 Å². The Morgan fingerprint density at radius 1 is 1.63 bits per heavy atom. The van der Waals surface area contributed by atoms with Gasteiger partial charge in [-0.25, -0.2) is 9.97 Å². The van der Waals surface area contributed by atoms with Crippen molar-refractivity contribution in [1.29, 1.82) is 0 Å². The summed E-state index contributed by atoms with van der Waals surface area (Å²) >= 11 is 0. The quantitative estimate of drug-likeness (QED) is 0.759. The molecule has 5 nitrogen and oxygen atoms in total. The topological polar surface area (TPSA) is 55.3 Å². The first-order chi connectivity index (χ1) is 9.29. The van der Waals surface area contributed by atoms with Gasteiger partial charge in [0.25, 0.3) is 0 Å². The molecule has 0 spiro atoms. The van der Waals surface area contributed by atoms with Crippen LogP contribution in [0.5, 0.6) is 5.88 Å². The minimum absolute atomic E-state index is 0.0244. The lowest BCUT2D eigenvalue weighted by Crippen LogP contribution is -2.44. The van der Waals surface area contributed by atoms with Gasteiger partial charge in [0, 0.05) is 25.2 Å². The van der Waals surface area contributed by atoms with Gasteiger partial charge in [-0.1, -0.05) is 6.08 Å². The number of aromatic nitrogens is 2. The van der Waals surface area contributed by atoms with Gasteiger partial charge >= 0.3 is 0 Å². The molecule has 0 saturated carbocycles. The summed E-state index contributed by atoms with van der Waals surface area (Å²) < 4.78 is 5.78. The SMILES string of the molecule is C=CCCC(=O)N1CCCC(Oc2ccncn2)C1. The molecule has 1 aromatic heterocycles. The van der Waals surface area contributed by atoms with Crippen LogP contribution in [0.2, 0.25) is 0 Å². The van der Waals surface area contributed by atoms with E-state index in [-0.39, 0.29) is 12.0 Å². The van der Waals surface area contributed by atoms with Crippen molar-refractivity contribution in [2.45, 2.75) is 31.8 Å². The lowest BCUT2D eigenvalue weighted by molar-refractivity contribution is -0.133. The van der Waals surface area contributed by atoms with Crippen LogP contribution in [0.15, 0.2) is 31.2 Å². The van der Waals surface area contributed by atoms with Gasteiger partial charge in [-0.3, -0.25) is 4.79 Å². The second kappa shape index (κ2) is 6.87. The molecule has 19 heavy (non-hydrogen) atoms. The maximum atomic E-state index is 12.0. The number of rotatable bonds is 5. The molecule has 1 fully saturated rings. The van der Waals surface area contributed by atoms with Gasteiger partial charge in [0.15, 0.2) is 0 Å². The smallest absolute Gasteiger partial charge is 0.223 e. The lowest BCUT2D eigenvalue weighted by Gasteiger charge is -2.32. The highest BCUT2D eigenvalue weighted by molar-refractivity contribution is 5.76. The van der Waals surface area contributed by atoms with Crippen molar-refractivity contribution in [3.05, 3.63) is 31.2 Å². The van der Waals surface area contributed by atoms with E-state index in [4.69, 9.17) is 4.74 Å². The van der Waals surface area contributed by atoms with Gasteiger partial charge in [-0.15, -0.1) is 6.58 Å². The molecule has 1 amide bonds. The van der Waals surface area contributed by atoms with Gasteiger partial charge < -0.3 is 9.64 Å². The first kappa shape index (κ1) is 13.5. The van der Waals surface area contributed by atoms with E-state index in [9.17, 15) is 4.79 Å². The van der Waals surface area contributed by atoms with Crippen molar-refractivity contribution in [2.75, 3.05) is 13.1 Å². The lowest BCUT2D eigenvalue weighted by atomic mass is 10.1. The van der Waals surface area contributed by atoms with Crippen molar-refractivity contribution in [1.82, 2.24) is 14.9 Å². The van der Waals surface area contributed by atoms with Crippen molar-refractivity contribution in [3.8, 4) is 5.88 Å². The van der Waals surface area contributed by atoms with Gasteiger partial charge in [0.2, 0.25) is 11.8 Å². The van der Waals surface area contributed by atoms with Crippen LogP contribution in [0.25, 0.3) is 0 Å². The Morgan fingerprint density at radius 3 is 3.26 bits per heavy atom. The fraction of sp³-hybridized carbons (Fsp3) is 0.500. The Labute approximate surface area is 113 Å². The van der Waals surface area contributed by atoms with Crippen molar-refractivity contribution < 1.29 is 9.53 Å². The van der Waals surface area contributed by atoms with E-state index in [2.05, 4.69) is 16.5 Å². The van der Waals surface area contributed by atoms with Crippen molar-refractivity contribution >= 4 is 5.91 Å². The molecule has 0 aliphatic carbocycles.